The molecule has 1 saturated heterocycles. The standard InChI is InChI=1S/C18H23N2O7P/c1-18(2)17(25-8-9-26-28(22,23)24)16(20-7-3-4-15(20)21)13-10-12(11-19)5-6-14(13)27-18/h5-6,10,16-17H,3-4,7-9H2,1-2H3,(H2,22,23,24)/p-1/t16-,17-/m1/s1. The molecule has 28 heavy (non-hydrogen) atoms. The van der Waals surface area contributed by atoms with Gasteiger partial charge in [0.2, 0.25) is 5.91 Å². The van der Waals surface area contributed by atoms with E-state index in [2.05, 4.69) is 10.6 Å². The third kappa shape index (κ3) is 4.37. The van der Waals surface area contributed by atoms with E-state index in [-0.39, 0.29) is 19.1 Å². The summed E-state index contributed by atoms with van der Waals surface area (Å²) in [6.07, 6.45) is 0.526. The van der Waals surface area contributed by atoms with Gasteiger partial charge in [0.15, 0.2) is 0 Å². The Hall–Kier alpha value is -1.95. The summed E-state index contributed by atoms with van der Waals surface area (Å²) < 4.78 is 27.1. The van der Waals surface area contributed by atoms with Gasteiger partial charge >= 0.3 is 0 Å². The summed E-state index contributed by atoms with van der Waals surface area (Å²) in [7, 11) is -4.84. The van der Waals surface area contributed by atoms with Gasteiger partial charge in [-0.1, -0.05) is 0 Å². The van der Waals surface area contributed by atoms with Gasteiger partial charge < -0.3 is 28.7 Å². The molecule has 2 aliphatic rings. The summed E-state index contributed by atoms with van der Waals surface area (Å²) in [5.41, 5.74) is 0.277. The van der Waals surface area contributed by atoms with Crippen LogP contribution in [0.2, 0.25) is 0 Å². The lowest BCUT2D eigenvalue weighted by Gasteiger charge is -2.47. The van der Waals surface area contributed by atoms with Crippen molar-refractivity contribution >= 4 is 13.7 Å². The molecule has 0 aliphatic carbocycles. The number of rotatable bonds is 6. The Kier molecular flexibility index (Phi) is 5.80. The van der Waals surface area contributed by atoms with Gasteiger partial charge in [-0.25, -0.2) is 0 Å². The molecule has 0 bridgehead atoms. The molecule has 2 aliphatic heterocycles. The Bertz CT molecular complexity index is 845. The number of nitriles is 1. The smallest absolute Gasteiger partial charge is 0.265 e. The van der Waals surface area contributed by atoms with E-state index in [1.165, 1.54) is 0 Å². The molecule has 1 N–H and O–H groups in total. The van der Waals surface area contributed by atoms with Crippen LogP contribution in [0, 0.1) is 11.3 Å². The van der Waals surface area contributed by atoms with Gasteiger partial charge in [0, 0.05) is 18.5 Å². The predicted molar refractivity (Wildman–Crippen MR) is 95.1 cm³/mol. The van der Waals surface area contributed by atoms with Gasteiger partial charge in [-0.15, -0.1) is 0 Å². The molecule has 3 atom stereocenters. The van der Waals surface area contributed by atoms with E-state index in [4.69, 9.17) is 14.4 Å². The first kappa shape index (κ1) is 20.8. The molecule has 1 amide bonds. The second-order valence-electron chi connectivity index (χ2n) is 7.30. The van der Waals surface area contributed by atoms with Gasteiger partial charge in [0.1, 0.15) is 17.5 Å². The predicted octanol–water partition coefficient (Wildman–Crippen LogP) is 1.26. The quantitative estimate of drug-likeness (QED) is 0.548. The van der Waals surface area contributed by atoms with Gasteiger partial charge in [0.05, 0.1) is 30.9 Å². The van der Waals surface area contributed by atoms with Crippen molar-refractivity contribution in [2.24, 2.45) is 0 Å². The minimum absolute atomic E-state index is 0.0136. The van der Waals surface area contributed by atoms with Crippen LogP contribution in [-0.2, 0) is 18.6 Å². The number of fused-ring (bicyclic) bond motifs is 1. The minimum atomic E-state index is -4.84. The lowest BCUT2D eigenvalue weighted by atomic mass is 9.84. The highest BCUT2D eigenvalue weighted by Gasteiger charge is 2.49. The summed E-state index contributed by atoms with van der Waals surface area (Å²) in [4.78, 5) is 33.7. The highest BCUT2D eigenvalue weighted by molar-refractivity contribution is 7.44. The van der Waals surface area contributed by atoms with Gasteiger partial charge in [-0.3, -0.25) is 9.36 Å². The van der Waals surface area contributed by atoms with Crippen LogP contribution in [0.5, 0.6) is 5.75 Å². The molecule has 1 unspecified atom stereocenters. The molecular weight excluding hydrogens is 387 g/mol. The van der Waals surface area contributed by atoms with Gasteiger partial charge in [0.25, 0.3) is 7.82 Å². The van der Waals surface area contributed by atoms with Crippen molar-refractivity contribution in [3.05, 3.63) is 29.3 Å². The topological polar surface area (TPSA) is 132 Å². The molecule has 3 rings (SSSR count). The van der Waals surface area contributed by atoms with Crippen molar-refractivity contribution in [2.75, 3.05) is 19.8 Å². The molecule has 1 aromatic rings. The number of hydrogen-bond donors (Lipinski definition) is 1. The third-order valence-electron chi connectivity index (χ3n) is 4.88. The van der Waals surface area contributed by atoms with Crippen LogP contribution >= 0.6 is 7.82 Å². The lowest BCUT2D eigenvalue weighted by Crippen LogP contribution is -2.55. The maximum atomic E-state index is 12.5. The molecular formula is C18H22N2O7P-. The molecule has 1 aromatic carbocycles. The van der Waals surface area contributed by atoms with Gasteiger partial charge in [-0.2, -0.15) is 5.26 Å². The molecule has 0 radical (unpaired) electrons. The average molecular weight is 409 g/mol. The van der Waals surface area contributed by atoms with Crippen LogP contribution in [0.3, 0.4) is 0 Å². The Morgan fingerprint density at radius 2 is 2.21 bits per heavy atom. The van der Waals surface area contributed by atoms with Gasteiger partial charge in [-0.05, 0) is 38.5 Å². The highest BCUT2D eigenvalue weighted by atomic mass is 31.2. The zero-order valence-corrected chi connectivity index (χ0v) is 16.6. The summed E-state index contributed by atoms with van der Waals surface area (Å²) in [6, 6.07) is 6.65. The van der Waals surface area contributed by atoms with Crippen LogP contribution in [0.15, 0.2) is 18.2 Å². The summed E-state index contributed by atoms with van der Waals surface area (Å²) in [5, 5.41) is 9.26. The number of likely N-dealkylation sites (tertiary alicyclic amines) is 1. The van der Waals surface area contributed by atoms with Crippen molar-refractivity contribution in [3.8, 4) is 11.8 Å². The van der Waals surface area contributed by atoms with E-state index in [1.807, 2.05) is 13.8 Å². The van der Waals surface area contributed by atoms with Crippen LogP contribution < -0.4 is 9.63 Å². The number of amides is 1. The van der Waals surface area contributed by atoms with Crippen molar-refractivity contribution in [1.82, 2.24) is 4.90 Å². The zero-order chi connectivity index (χ0) is 20.5. The summed E-state index contributed by atoms with van der Waals surface area (Å²) in [5.74, 6) is 0.560. The number of phosphoric ester groups is 1. The second-order valence-corrected chi connectivity index (χ2v) is 8.49. The molecule has 0 spiro atoms. The Labute approximate surface area is 163 Å². The molecule has 152 valence electrons. The van der Waals surface area contributed by atoms with E-state index >= 15 is 0 Å². The number of nitrogens with zero attached hydrogens (tertiary/aromatic N) is 2. The molecule has 10 heteroatoms. The Morgan fingerprint density at radius 1 is 1.46 bits per heavy atom. The number of benzene rings is 1. The SMILES string of the molecule is CC1(C)Oc2ccc(C#N)cc2[C@@H](N2CCCC2=O)[C@H]1OCCOP(=O)([O-])O. The maximum absolute atomic E-state index is 12.5. The lowest BCUT2D eigenvalue weighted by molar-refractivity contribution is -0.221. The maximum Gasteiger partial charge on any atom is 0.265 e. The first-order valence-electron chi connectivity index (χ1n) is 8.95. The number of carbonyl (C=O) groups is 1. The molecule has 9 nitrogen and oxygen atoms in total. The van der Waals surface area contributed by atoms with E-state index in [0.717, 1.165) is 6.42 Å². The van der Waals surface area contributed by atoms with Crippen molar-refractivity contribution in [2.45, 2.75) is 44.4 Å². The molecule has 0 aromatic heterocycles. The fourth-order valence-corrected chi connectivity index (χ4v) is 4.05. The van der Waals surface area contributed by atoms with E-state index < -0.39 is 25.6 Å². The molecule has 0 saturated carbocycles. The second kappa shape index (κ2) is 7.82. The first-order chi connectivity index (χ1) is 13.1. The van der Waals surface area contributed by atoms with E-state index in [0.29, 0.717) is 29.8 Å². The Balaban J connectivity index is 1.93. The van der Waals surface area contributed by atoms with Crippen LogP contribution in [0.1, 0.15) is 43.9 Å². The fourth-order valence-electron chi connectivity index (χ4n) is 3.74. The normalized spacial score (nSPS) is 25.5. The van der Waals surface area contributed by atoms with E-state index in [9.17, 15) is 19.5 Å². The number of carbonyl (C=O) groups excluding carboxylic acids is 1. The summed E-state index contributed by atoms with van der Waals surface area (Å²) in [6.45, 7) is 3.69. The van der Waals surface area contributed by atoms with Crippen molar-refractivity contribution in [3.63, 3.8) is 0 Å². The van der Waals surface area contributed by atoms with Crippen molar-refractivity contribution < 1.29 is 33.1 Å². The fraction of sp³-hybridized carbons (Fsp3) is 0.556. The molecule has 1 fully saturated rings. The Morgan fingerprint density at radius 3 is 2.82 bits per heavy atom. The number of ether oxygens (including phenoxy) is 2. The minimum Gasteiger partial charge on any atom is -0.756 e. The number of phosphoric acid groups is 1. The molecule has 2 heterocycles. The largest absolute Gasteiger partial charge is 0.756 e. The van der Waals surface area contributed by atoms with Crippen LogP contribution in [0.4, 0.5) is 0 Å². The number of hydrogen-bond acceptors (Lipinski definition) is 7. The third-order valence-corrected chi connectivity index (χ3v) is 5.39. The highest BCUT2D eigenvalue weighted by Crippen LogP contribution is 2.46. The van der Waals surface area contributed by atoms with E-state index in [1.54, 1.807) is 23.1 Å². The van der Waals surface area contributed by atoms with Crippen LogP contribution in [-0.4, -0.2) is 47.2 Å². The average Bonchev–Trinajstić information content (AvgIpc) is 3.02. The van der Waals surface area contributed by atoms with Crippen molar-refractivity contribution in [1.29, 1.82) is 5.26 Å². The monoisotopic (exact) mass is 409 g/mol. The first-order valence-corrected chi connectivity index (χ1v) is 10.4. The van der Waals surface area contributed by atoms with Crippen LogP contribution in [0.25, 0.3) is 0 Å². The summed E-state index contributed by atoms with van der Waals surface area (Å²) >= 11 is 0. The zero-order valence-electron chi connectivity index (χ0n) is 15.7.